The quantitative estimate of drug-likeness (QED) is 0.802. The minimum atomic E-state index is -3.47. The Morgan fingerprint density at radius 2 is 2.19 bits per heavy atom. The van der Waals surface area contributed by atoms with Crippen LogP contribution in [0.1, 0.15) is 30.9 Å². The van der Waals surface area contributed by atoms with Gasteiger partial charge < -0.3 is 10.1 Å². The van der Waals surface area contributed by atoms with Gasteiger partial charge >= 0.3 is 0 Å². The van der Waals surface area contributed by atoms with E-state index in [2.05, 4.69) is 10.0 Å². The van der Waals surface area contributed by atoms with Crippen molar-refractivity contribution < 1.29 is 13.2 Å². The molecule has 0 aromatic heterocycles. The third-order valence-corrected chi connectivity index (χ3v) is 5.14. The third kappa shape index (κ3) is 4.51. The lowest BCUT2D eigenvalue weighted by atomic mass is 10.1. The van der Waals surface area contributed by atoms with E-state index in [1.54, 1.807) is 12.1 Å². The van der Waals surface area contributed by atoms with E-state index in [9.17, 15) is 8.42 Å². The van der Waals surface area contributed by atoms with Gasteiger partial charge in [0, 0.05) is 19.7 Å². The highest BCUT2D eigenvalue weighted by atomic mass is 32.2. The van der Waals surface area contributed by atoms with Gasteiger partial charge in [0.25, 0.3) is 0 Å². The highest BCUT2D eigenvalue weighted by Crippen LogP contribution is 2.17. The Labute approximate surface area is 127 Å². The van der Waals surface area contributed by atoms with Crippen LogP contribution in [-0.4, -0.2) is 34.2 Å². The highest BCUT2D eigenvalue weighted by Gasteiger charge is 2.20. The van der Waals surface area contributed by atoms with Crippen molar-refractivity contribution in [3.05, 3.63) is 29.3 Å². The molecular formula is C15H24N2O3S. The first-order valence-corrected chi connectivity index (χ1v) is 8.92. The number of hydrogen-bond acceptors (Lipinski definition) is 4. The van der Waals surface area contributed by atoms with Crippen LogP contribution < -0.4 is 10.0 Å². The van der Waals surface area contributed by atoms with Crippen LogP contribution in [0.3, 0.4) is 0 Å². The van der Waals surface area contributed by atoms with Gasteiger partial charge in [-0.3, -0.25) is 0 Å². The third-order valence-electron chi connectivity index (χ3n) is 3.72. The Bertz CT molecular complexity index is 566. The molecule has 118 valence electrons. The molecule has 5 nitrogen and oxygen atoms in total. The molecule has 1 saturated heterocycles. The lowest BCUT2D eigenvalue weighted by Crippen LogP contribution is -2.32. The molecule has 0 saturated carbocycles. The molecule has 1 aromatic carbocycles. The summed E-state index contributed by atoms with van der Waals surface area (Å²) in [7, 11) is -3.47. The first-order valence-electron chi connectivity index (χ1n) is 7.44. The number of rotatable bonds is 7. The monoisotopic (exact) mass is 312 g/mol. The average molecular weight is 312 g/mol. The maximum atomic E-state index is 12.3. The number of benzene rings is 1. The molecule has 0 bridgehead atoms. The van der Waals surface area contributed by atoms with E-state index in [4.69, 9.17) is 4.74 Å². The summed E-state index contributed by atoms with van der Waals surface area (Å²) in [5.41, 5.74) is 2.10. The molecule has 1 atom stereocenters. The second-order valence-electron chi connectivity index (χ2n) is 5.36. The van der Waals surface area contributed by atoms with Crippen LogP contribution in [0.25, 0.3) is 0 Å². The van der Waals surface area contributed by atoms with Crippen molar-refractivity contribution in [3.63, 3.8) is 0 Å². The number of sulfonamides is 1. The maximum absolute atomic E-state index is 12.3. The molecule has 1 heterocycles. The normalized spacial score (nSPS) is 19.0. The summed E-state index contributed by atoms with van der Waals surface area (Å²) in [6.07, 6.45) is 1.93. The van der Waals surface area contributed by atoms with Crippen molar-refractivity contribution >= 4 is 10.0 Å². The minimum Gasteiger partial charge on any atom is -0.377 e. The molecule has 21 heavy (non-hydrogen) atoms. The first kappa shape index (κ1) is 16.4. The van der Waals surface area contributed by atoms with Gasteiger partial charge in [-0.25, -0.2) is 13.1 Å². The largest absolute Gasteiger partial charge is 0.377 e. The molecule has 1 aliphatic rings. The van der Waals surface area contributed by atoms with Crippen molar-refractivity contribution in [2.75, 3.05) is 19.7 Å². The van der Waals surface area contributed by atoms with E-state index in [-0.39, 0.29) is 6.10 Å². The van der Waals surface area contributed by atoms with Gasteiger partial charge in [0.2, 0.25) is 10.0 Å². The van der Waals surface area contributed by atoms with Gasteiger partial charge in [0.05, 0.1) is 11.0 Å². The van der Waals surface area contributed by atoms with E-state index in [0.29, 0.717) is 18.0 Å². The van der Waals surface area contributed by atoms with Gasteiger partial charge in [0.15, 0.2) is 0 Å². The summed E-state index contributed by atoms with van der Waals surface area (Å²) in [4.78, 5) is 0.319. The van der Waals surface area contributed by atoms with Crippen LogP contribution in [0, 0.1) is 6.92 Å². The van der Waals surface area contributed by atoms with Gasteiger partial charge in [-0.05, 0) is 49.6 Å². The van der Waals surface area contributed by atoms with Crippen LogP contribution in [0.5, 0.6) is 0 Å². The molecule has 1 fully saturated rings. The lowest BCUT2D eigenvalue weighted by Gasteiger charge is -2.13. The van der Waals surface area contributed by atoms with Crippen LogP contribution in [0.2, 0.25) is 0 Å². The Hall–Kier alpha value is -0.950. The molecule has 0 amide bonds. The molecule has 2 rings (SSSR count). The van der Waals surface area contributed by atoms with Crippen LogP contribution in [-0.2, 0) is 21.3 Å². The predicted octanol–water partition coefficient (Wildman–Crippen LogP) is 1.56. The van der Waals surface area contributed by atoms with Crippen molar-refractivity contribution in [2.45, 2.75) is 44.2 Å². The maximum Gasteiger partial charge on any atom is 0.240 e. The number of hydrogen-bond donors (Lipinski definition) is 2. The molecule has 2 N–H and O–H groups in total. The molecule has 1 aromatic rings. The van der Waals surface area contributed by atoms with Gasteiger partial charge in [-0.15, -0.1) is 0 Å². The van der Waals surface area contributed by atoms with Gasteiger partial charge in [0.1, 0.15) is 0 Å². The summed E-state index contributed by atoms with van der Waals surface area (Å²) in [6.45, 7) is 6.62. The summed E-state index contributed by atoms with van der Waals surface area (Å²) < 4.78 is 32.8. The summed E-state index contributed by atoms with van der Waals surface area (Å²) in [5, 5.41) is 3.23. The van der Waals surface area contributed by atoms with Crippen molar-refractivity contribution in [2.24, 2.45) is 0 Å². The second-order valence-corrected chi connectivity index (χ2v) is 7.12. The summed E-state index contributed by atoms with van der Waals surface area (Å²) >= 11 is 0. The second kappa shape index (κ2) is 7.35. The lowest BCUT2D eigenvalue weighted by molar-refractivity contribution is 0.114. The Balaban J connectivity index is 2.07. The summed E-state index contributed by atoms with van der Waals surface area (Å²) in [5.74, 6) is 0. The molecule has 0 aliphatic carbocycles. The van der Waals surface area contributed by atoms with E-state index >= 15 is 0 Å². The fourth-order valence-corrected chi connectivity index (χ4v) is 3.47. The van der Waals surface area contributed by atoms with E-state index in [1.807, 2.05) is 19.9 Å². The fraction of sp³-hybridized carbons (Fsp3) is 0.600. The number of ether oxygens (including phenoxy) is 1. The standard InChI is InChI=1S/C15H24N2O3S/c1-3-16-10-13-9-15(7-6-12(13)2)21(18,19)17-11-14-5-4-8-20-14/h6-7,9,14,16-17H,3-5,8,10-11H2,1-2H3. The average Bonchev–Trinajstić information content (AvgIpc) is 2.97. The highest BCUT2D eigenvalue weighted by molar-refractivity contribution is 7.89. The fourth-order valence-electron chi connectivity index (χ4n) is 2.36. The van der Waals surface area contributed by atoms with E-state index < -0.39 is 10.0 Å². The molecule has 6 heteroatoms. The molecule has 1 aliphatic heterocycles. The Morgan fingerprint density at radius 3 is 2.86 bits per heavy atom. The van der Waals surface area contributed by atoms with E-state index in [1.165, 1.54) is 0 Å². The van der Waals surface area contributed by atoms with Gasteiger partial charge in [-0.2, -0.15) is 0 Å². The van der Waals surface area contributed by atoms with Crippen LogP contribution in [0.15, 0.2) is 23.1 Å². The Kier molecular flexibility index (Phi) is 5.75. The van der Waals surface area contributed by atoms with Crippen molar-refractivity contribution in [1.82, 2.24) is 10.0 Å². The molecule has 0 spiro atoms. The number of aryl methyl sites for hydroxylation is 1. The zero-order valence-electron chi connectivity index (χ0n) is 12.7. The first-order chi connectivity index (χ1) is 10.0. The van der Waals surface area contributed by atoms with Gasteiger partial charge in [-0.1, -0.05) is 13.0 Å². The predicted molar refractivity (Wildman–Crippen MR) is 82.7 cm³/mol. The topological polar surface area (TPSA) is 67.4 Å². The van der Waals surface area contributed by atoms with Crippen molar-refractivity contribution in [1.29, 1.82) is 0 Å². The van der Waals surface area contributed by atoms with Crippen LogP contribution >= 0.6 is 0 Å². The van der Waals surface area contributed by atoms with Crippen molar-refractivity contribution in [3.8, 4) is 0 Å². The molecular weight excluding hydrogens is 288 g/mol. The molecule has 1 unspecified atom stereocenters. The number of nitrogens with one attached hydrogen (secondary N) is 2. The Morgan fingerprint density at radius 1 is 1.38 bits per heavy atom. The van der Waals surface area contributed by atoms with E-state index in [0.717, 1.165) is 37.1 Å². The summed E-state index contributed by atoms with van der Waals surface area (Å²) in [6, 6.07) is 5.26. The smallest absolute Gasteiger partial charge is 0.240 e. The molecule has 0 radical (unpaired) electrons. The zero-order chi connectivity index (χ0) is 15.3. The zero-order valence-corrected chi connectivity index (χ0v) is 13.5. The minimum absolute atomic E-state index is 0.00597. The SMILES string of the molecule is CCNCc1cc(S(=O)(=O)NCC2CCCO2)ccc1C. The van der Waals surface area contributed by atoms with Crippen LogP contribution in [0.4, 0.5) is 0 Å².